The Hall–Kier alpha value is -3.59. The third-order valence-electron chi connectivity index (χ3n) is 5.73. The standard InChI is InChI=1S/C25H25N3O5S/c1-3-18(29)27-19-23(31)28-20(17(22(30)26-2)14-34-24(19)28)25(32)33-21(15-10-6-4-7-11-15)16-12-8-5-9-13-16/h4-13,19,21,24H,3,14H2,1-2H3,(H,26,30)(H,27,29)/t19?,24-/m1/s1. The molecule has 176 valence electrons. The van der Waals surface area contributed by atoms with Crippen LogP contribution in [0.2, 0.25) is 0 Å². The lowest BCUT2D eigenvalue weighted by Gasteiger charge is -2.49. The van der Waals surface area contributed by atoms with Gasteiger partial charge < -0.3 is 15.4 Å². The quantitative estimate of drug-likeness (QED) is 0.466. The summed E-state index contributed by atoms with van der Waals surface area (Å²) in [7, 11) is 1.47. The zero-order valence-corrected chi connectivity index (χ0v) is 19.6. The zero-order valence-electron chi connectivity index (χ0n) is 18.8. The highest BCUT2D eigenvalue weighted by Crippen LogP contribution is 2.41. The van der Waals surface area contributed by atoms with Crippen molar-refractivity contribution in [3.05, 3.63) is 83.1 Å². The van der Waals surface area contributed by atoms with E-state index in [1.54, 1.807) is 6.92 Å². The molecular weight excluding hydrogens is 454 g/mol. The number of rotatable bonds is 7. The number of benzene rings is 2. The maximum atomic E-state index is 13.6. The third-order valence-corrected chi connectivity index (χ3v) is 7.01. The zero-order chi connectivity index (χ0) is 24.2. The minimum absolute atomic E-state index is 0.0769. The van der Waals surface area contributed by atoms with Crippen LogP contribution in [0.1, 0.15) is 30.6 Å². The highest BCUT2D eigenvalue weighted by molar-refractivity contribution is 8.00. The van der Waals surface area contributed by atoms with Crippen molar-refractivity contribution in [2.45, 2.75) is 30.9 Å². The van der Waals surface area contributed by atoms with E-state index in [9.17, 15) is 19.2 Å². The number of esters is 1. The average Bonchev–Trinajstić information content (AvgIpc) is 2.89. The Morgan fingerprint density at radius 3 is 2.18 bits per heavy atom. The Balaban J connectivity index is 1.68. The fourth-order valence-corrected chi connectivity index (χ4v) is 5.30. The number of thioether (sulfide) groups is 1. The second kappa shape index (κ2) is 10.1. The molecule has 0 aromatic heterocycles. The molecular formula is C25H25N3O5S. The number of likely N-dealkylation sites (N-methyl/N-ethyl adjacent to an activating group) is 1. The van der Waals surface area contributed by atoms with Gasteiger partial charge >= 0.3 is 5.97 Å². The number of hydrogen-bond donors (Lipinski definition) is 2. The summed E-state index contributed by atoms with van der Waals surface area (Å²) in [6.45, 7) is 1.70. The van der Waals surface area contributed by atoms with Crippen LogP contribution in [0, 0.1) is 0 Å². The van der Waals surface area contributed by atoms with Gasteiger partial charge in [-0.15, -0.1) is 11.8 Å². The molecule has 2 aromatic carbocycles. The van der Waals surface area contributed by atoms with Crippen molar-refractivity contribution in [3.8, 4) is 0 Å². The van der Waals surface area contributed by atoms with Crippen LogP contribution in [-0.4, -0.2) is 52.8 Å². The van der Waals surface area contributed by atoms with Crippen LogP contribution in [0.4, 0.5) is 0 Å². The van der Waals surface area contributed by atoms with Gasteiger partial charge in [0.25, 0.3) is 5.91 Å². The van der Waals surface area contributed by atoms with Gasteiger partial charge in [-0.1, -0.05) is 67.6 Å². The monoisotopic (exact) mass is 479 g/mol. The van der Waals surface area contributed by atoms with E-state index >= 15 is 0 Å². The topological polar surface area (TPSA) is 105 Å². The lowest BCUT2D eigenvalue weighted by Crippen LogP contribution is -2.70. The summed E-state index contributed by atoms with van der Waals surface area (Å²) in [5.41, 5.74) is 1.61. The summed E-state index contributed by atoms with van der Waals surface area (Å²) in [5.74, 6) is -1.71. The molecule has 2 aliphatic heterocycles. The Kier molecular flexibility index (Phi) is 7.02. The second-order valence-corrected chi connectivity index (χ2v) is 8.93. The van der Waals surface area contributed by atoms with Crippen molar-refractivity contribution >= 4 is 35.5 Å². The summed E-state index contributed by atoms with van der Waals surface area (Å²) in [6, 6.07) is 17.8. The number of amides is 3. The van der Waals surface area contributed by atoms with Gasteiger partial charge in [0.2, 0.25) is 11.8 Å². The number of carbonyl (C=O) groups excluding carboxylic acids is 4. The van der Waals surface area contributed by atoms with Crippen molar-refractivity contribution in [2.24, 2.45) is 0 Å². The maximum absolute atomic E-state index is 13.6. The van der Waals surface area contributed by atoms with Crippen LogP contribution < -0.4 is 10.6 Å². The van der Waals surface area contributed by atoms with Gasteiger partial charge in [-0.3, -0.25) is 19.3 Å². The SMILES string of the molecule is CCC(=O)NC1C(=O)N2C(C(=O)OC(c3ccccc3)c3ccccc3)=C(C(=O)NC)CS[C@H]12. The summed E-state index contributed by atoms with van der Waals surface area (Å²) in [4.78, 5) is 52.3. The van der Waals surface area contributed by atoms with Crippen molar-refractivity contribution in [1.82, 2.24) is 15.5 Å². The van der Waals surface area contributed by atoms with E-state index < -0.39 is 35.3 Å². The van der Waals surface area contributed by atoms with Gasteiger partial charge in [0.1, 0.15) is 17.1 Å². The first-order valence-electron chi connectivity index (χ1n) is 11.0. The lowest BCUT2D eigenvalue weighted by molar-refractivity contribution is -0.155. The normalized spacial score (nSPS) is 19.3. The molecule has 2 aromatic rings. The summed E-state index contributed by atoms with van der Waals surface area (Å²) < 4.78 is 5.96. The molecule has 2 N–H and O–H groups in total. The molecule has 0 radical (unpaired) electrons. The Labute approximate surface area is 201 Å². The molecule has 4 rings (SSSR count). The number of nitrogens with zero attached hydrogens (tertiary/aromatic N) is 1. The number of nitrogens with one attached hydrogen (secondary N) is 2. The molecule has 2 heterocycles. The molecule has 2 aliphatic rings. The Bertz CT molecular complexity index is 1100. The van der Waals surface area contributed by atoms with Crippen molar-refractivity contribution in [1.29, 1.82) is 0 Å². The molecule has 8 nitrogen and oxygen atoms in total. The smallest absolute Gasteiger partial charge is 0.356 e. The molecule has 34 heavy (non-hydrogen) atoms. The Morgan fingerprint density at radius 2 is 1.65 bits per heavy atom. The van der Waals surface area contributed by atoms with Crippen molar-refractivity contribution in [3.63, 3.8) is 0 Å². The van der Waals surface area contributed by atoms with Gasteiger partial charge in [-0.2, -0.15) is 0 Å². The first-order valence-corrected chi connectivity index (χ1v) is 12.0. The lowest BCUT2D eigenvalue weighted by atomic mass is 10.0. The first kappa shape index (κ1) is 23.6. The van der Waals surface area contributed by atoms with Crippen molar-refractivity contribution < 1.29 is 23.9 Å². The molecule has 0 saturated carbocycles. The van der Waals surface area contributed by atoms with Gasteiger partial charge in [-0.25, -0.2) is 4.79 Å². The van der Waals surface area contributed by atoms with Crippen LogP contribution in [0.15, 0.2) is 71.9 Å². The van der Waals surface area contributed by atoms with Crippen LogP contribution in [-0.2, 0) is 23.9 Å². The van der Waals surface area contributed by atoms with Crippen LogP contribution in [0.5, 0.6) is 0 Å². The van der Waals surface area contributed by atoms with E-state index in [0.29, 0.717) is 0 Å². The minimum Gasteiger partial charge on any atom is -0.448 e. The van der Waals surface area contributed by atoms with Gasteiger partial charge in [0.05, 0.1) is 5.57 Å². The van der Waals surface area contributed by atoms with E-state index in [-0.39, 0.29) is 29.4 Å². The van der Waals surface area contributed by atoms with E-state index in [1.807, 2.05) is 60.7 Å². The van der Waals surface area contributed by atoms with Crippen LogP contribution in [0.25, 0.3) is 0 Å². The fraction of sp³-hybridized carbons (Fsp3) is 0.280. The fourth-order valence-electron chi connectivity index (χ4n) is 3.96. The molecule has 2 atom stereocenters. The Morgan fingerprint density at radius 1 is 1.06 bits per heavy atom. The predicted octanol–water partition coefficient (Wildman–Crippen LogP) is 2.13. The molecule has 0 spiro atoms. The van der Waals surface area contributed by atoms with Gasteiger partial charge in [-0.05, 0) is 11.1 Å². The van der Waals surface area contributed by atoms with E-state index in [1.165, 1.54) is 23.7 Å². The van der Waals surface area contributed by atoms with Crippen LogP contribution in [0.3, 0.4) is 0 Å². The molecule has 1 unspecified atom stereocenters. The minimum atomic E-state index is -0.768. The largest absolute Gasteiger partial charge is 0.448 e. The summed E-state index contributed by atoms with van der Waals surface area (Å²) in [6.07, 6.45) is -0.487. The second-order valence-electron chi connectivity index (χ2n) is 7.82. The molecule has 0 bridgehead atoms. The van der Waals surface area contributed by atoms with Gasteiger partial charge in [0, 0.05) is 19.2 Å². The highest BCUT2D eigenvalue weighted by Gasteiger charge is 2.55. The summed E-state index contributed by atoms with van der Waals surface area (Å²) >= 11 is 1.33. The number of ether oxygens (including phenoxy) is 1. The number of hydrogen-bond acceptors (Lipinski definition) is 6. The maximum Gasteiger partial charge on any atom is 0.356 e. The summed E-state index contributed by atoms with van der Waals surface area (Å²) in [5, 5.41) is 4.76. The van der Waals surface area contributed by atoms with E-state index in [4.69, 9.17) is 4.74 Å². The third kappa shape index (κ3) is 4.43. The highest BCUT2D eigenvalue weighted by atomic mass is 32.2. The van der Waals surface area contributed by atoms with Gasteiger partial charge in [0.15, 0.2) is 6.10 Å². The van der Waals surface area contributed by atoms with E-state index in [2.05, 4.69) is 10.6 Å². The number of β-lactam (4-membered cyclic amide) rings is 1. The molecule has 9 heteroatoms. The molecule has 3 amide bonds. The average molecular weight is 480 g/mol. The molecule has 1 fully saturated rings. The van der Waals surface area contributed by atoms with Crippen molar-refractivity contribution in [2.75, 3.05) is 12.8 Å². The number of fused-ring (bicyclic) bond motifs is 1. The number of carbonyl (C=O) groups is 4. The molecule has 1 saturated heterocycles. The predicted molar refractivity (Wildman–Crippen MR) is 127 cm³/mol. The van der Waals surface area contributed by atoms with E-state index in [0.717, 1.165) is 11.1 Å². The first-order chi connectivity index (χ1) is 16.5. The molecule has 0 aliphatic carbocycles. The van der Waals surface area contributed by atoms with Crippen LogP contribution >= 0.6 is 11.8 Å².